The number of ether oxygens (including phenoxy) is 1. The molecule has 1 aliphatic rings. The van der Waals surface area contributed by atoms with E-state index in [0.29, 0.717) is 12.1 Å². The highest BCUT2D eigenvalue weighted by molar-refractivity contribution is 5.97. The summed E-state index contributed by atoms with van der Waals surface area (Å²) >= 11 is 0. The van der Waals surface area contributed by atoms with Crippen LogP contribution in [-0.4, -0.2) is 76.8 Å². The molecule has 3 atom stereocenters. The highest BCUT2D eigenvalue weighted by Crippen LogP contribution is 2.27. The minimum Gasteiger partial charge on any atom is -0.472 e. The molecule has 0 radical (unpaired) electrons. The van der Waals surface area contributed by atoms with Gasteiger partial charge in [0.1, 0.15) is 17.5 Å². The quantitative estimate of drug-likeness (QED) is 0.621. The Morgan fingerprint density at radius 2 is 2.06 bits per heavy atom. The van der Waals surface area contributed by atoms with Gasteiger partial charge in [-0.15, -0.1) is 0 Å². The lowest BCUT2D eigenvalue weighted by Gasteiger charge is -2.37. The van der Waals surface area contributed by atoms with E-state index in [1.165, 1.54) is 12.3 Å². The molecular formula is C27H33FN4O4. The number of carbonyl (C=O) groups is 2. The zero-order valence-electron chi connectivity index (χ0n) is 21.3. The van der Waals surface area contributed by atoms with Gasteiger partial charge in [-0.05, 0) is 39.0 Å². The van der Waals surface area contributed by atoms with E-state index < -0.39 is 18.0 Å². The van der Waals surface area contributed by atoms with Crippen LogP contribution in [0.25, 0.3) is 0 Å². The highest BCUT2D eigenvalue weighted by Gasteiger charge is 2.34. The lowest BCUT2D eigenvalue weighted by molar-refractivity contribution is 0.0351. The van der Waals surface area contributed by atoms with Gasteiger partial charge in [0.15, 0.2) is 0 Å². The van der Waals surface area contributed by atoms with Crippen LogP contribution < -0.4 is 10.1 Å². The monoisotopic (exact) mass is 496 g/mol. The van der Waals surface area contributed by atoms with Crippen molar-refractivity contribution in [3.05, 3.63) is 59.0 Å². The van der Waals surface area contributed by atoms with Crippen LogP contribution in [0.15, 0.2) is 36.5 Å². The largest absolute Gasteiger partial charge is 0.472 e. The maximum atomic E-state index is 14.0. The van der Waals surface area contributed by atoms with Gasteiger partial charge >= 0.3 is 6.03 Å². The van der Waals surface area contributed by atoms with Crippen LogP contribution in [0.4, 0.5) is 9.18 Å². The number of nitrogens with one attached hydrogen (secondary N) is 1. The number of pyridine rings is 1. The smallest absolute Gasteiger partial charge is 0.317 e. The van der Waals surface area contributed by atoms with Gasteiger partial charge < -0.3 is 25.0 Å². The number of aromatic nitrogens is 1. The second-order valence-corrected chi connectivity index (χ2v) is 9.41. The van der Waals surface area contributed by atoms with E-state index in [1.807, 2.05) is 20.8 Å². The number of hydrogen-bond donors (Lipinski definition) is 2. The number of carbonyl (C=O) groups excluding carboxylic acids is 2. The van der Waals surface area contributed by atoms with E-state index in [1.54, 1.807) is 48.0 Å². The van der Waals surface area contributed by atoms with E-state index >= 15 is 0 Å². The molecule has 0 unspecified atom stereocenters. The summed E-state index contributed by atoms with van der Waals surface area (Å²) in [5, 5.41) is 12.7. The number of rotatable bonds is 5. The number of urea groups is 1. The predicted octanol–water partition coefficient (Wildman–Crippen LogP) is 2.89. The number of likely N-dealkylation sites (N-methyl/N-ethyl adjacent to an activating group) is 1. The van der Waals surface area contributed by atoms with Gasteiger partial charge in [-0.2, -0.15) is 0 Å². The van der Waals surface area contributed by atoms with E-state index in [4.69, 9.17) is 4.74 Å². The standard InChI is InChI=1S/C27H33FN4O4/c1-17(2)30-27(35)31(5)15-24-18(3)14-32(19(4)16-33)26(34)22-12-20(13-29-25(22)36-24)10-11-21-8-6-7-9-23(21)28/h6-9,12-13,17-19,24,33H,14-16H2,1-5H3,(H,30,35)/t18-,19-,24-/m1/s1. The Labute approximate surface area is 211 Å². The zero-order valence-corrected chi connectivity index (χ0v) is 21.3. The number of hydrogen-bond acceptors (Lipinski definition) is 5. The van der Waals surface area contributed by atoms with E-state index in [9.17, 15) is 19.1 Å². The van der Waals surface area contributed by atoms with Crippen LogP contribution in [0.5, 0.6) is 5.88 Å². The topological polar surface area (TPSA) is 95.0 Å². The number of aliphatic hydroxyl groups excluding tert-OH is 1. The maximum Gasteiger partial charge on any atom is 0.317 e. The van der Waals surface area contributed by atoms with Crippen molar-refractivity contribution in [1.82, 2.24) is 20.1 Å². The Bertz CT molecular complexity index is 1160. The van der Waals surface area contributed by atoms with Gasteiger partial charge in [-0.25, -0.2) is 14.2 Å². The molecule has 0 saturated carbocycles. The molecule has 0 spiro atoms. The van der Waals surface area contributed by atoms with Crippen molar-refractivity contribution in [2.24, 2.45) is 5.92 Å². The van der Waals surface area contributed by atoms with Crippen molar-refractivity contribution in [1.29, 1.82) is 0 Å². The normalized spacial score (nSPS) is 18.2. The van der Waals surface area contributed by atoms with Crippen molar-refractivity contribution in [2.75, 3.05) is 26.7 Å². The SMILES string of the molecule is CC(C)NC(=O)N(C)C[C@H]1Oc2ncc(C#Cc3ccccc3F)cc2C(=O)N([C@H](C)CO)C[C@H]1C. The Hall–Kier alpha value is -3.64. The Morgan fingerprint density at radius 3 is 2.72 bits per heavy atom. The first-order chi connectivity index (χ1) is 17.1. The van der Waals surface area contributed by atoms with Crippen LogP contribution >= 0.6 is 0 Å². The highest BCUT2D eigenvalue weighted by atomic mass is 19.1. The van der Waals surface area contributed by atoms with Gasteiger partial charge in [-0.3, -0.25) is 4.79 Å². The molecule has 1 aliphatic heterocycles. The molecule has 3 rings (SSSR count). The van der Waals surface area contributed by atoms with Crippen LogP contribution in [0.3, 0.4) is 0 Å². The Kier molecular flexibility index (Phi) is 8.88. The van der Waals surface area contributed by atoms with Crippen molar-refractivity contribution >= 4 is 11.9 Å². The molecule has 2 aromatic rings. The fraction of sp³-hybridized carbons (Fsp3) is 0.444. The fourth-order valence-electron chi connectivity index (χ4n) is 3.80. The molecule has 8 nitrogen and oxygen atoms in total. The molecule has 0 aliphatic carbocycles. The molecule has 3 amide bonds. The molecule has 9 heteroatoms. The number of benzene rings is 1. The van der Waals surface area contributed by atoms with Crippen molar-refractivity contribution in [3.8, 4) is 17.7 Å². The minimum atomic E-state index is -0.462. The van der Waals surface area contributed by atoms with Crippen molar-refractivity contribution in [3.63, 3.8) is 0 Å². The predicted molar refractivity (Wildman–Crippen MR) is 134 cm³/mol. The third kappa shape index (κ3) is 6.52. The van der Waals surface area contributed by atoms with Crippen LogP contribution in [-0.2, 0) is 0 Å². The van der Waals surface area contributed by atoms with Gasteiger partial charge in [-0.1, -0.05) is 30.9 Å². The summed E-state index contributed by atoms with van der Waals surface area (Å²) in [6.45, 7) is 7.83. The molecule has 192 valence electrons. The maximum absolute atomic E-state index is 14.0. The molecule has 2 N–H and O–H groups in total. The van der Waals surface area contributed by atoms with E-state index in [-0.39, 0.29) is 54.1 Å². The summed E-state index contributed by atoms with van der Waals surface area (Å²) in [7, 11) is 1.68. The lowest BCUT2D eigenvalue weighted by atomic mass is 10.00. The molecular weight excluding hydrogens is 463 g/mol. The second-order valence-electron chi connectivity index (χ2n) is 9.41. The zero-order chi connectivity index (χ0) is 26.4. The number of fused-ring (bicyclic) bond motifs is 1. The number of halogens is 1. The molecule has 1 aromatic heterocycles. The number of amides is 3. The van der Waals surface area contributed by atoms with Gasteiger partial charge in [0.05, 0.1) is 24.8 Å². The Morgan fingerprint density at radius 1 is 1.33 bits per heavy atom. The molecule has 1 aromatic carbocycles. The molecule has 0 saturated heterocycles. The molecule has 0 bridgehead atoms. The Balaban J connectivity index is 1.97. The van der Waals surface area contributed by atoms with Crippen LogP contribution in [0, 0.1) is 23.6 Å². The van der Waals surface area contributed by atoms with Gasteiger partial charge in [0.25, 0.3) is 5.91 Å². The number of aliphatic hydroxyl groups is 1. The summed E-state index contributed by atoms with van der Waals surface area (Å²) in [4.78, 5) is 33.4. The van der Waals surface area contributed by atoms with Gasteiger partial charge in [0.2, 0.25) is 5.88 Å². The lowest BCUT2D eigenvalue weighted by Crippen LogP contribution is -2.51. The average molecular weight is 497 g/mol. The fourth-order valence-corrected chi connectivity index (χ4v) is 3.80. The second kappa shape index (κ2) is 11.9. The molecule has 0 fully saturated rings. The number of nitrogens with zero attached hydrogens (tertiary/aromatic N) is 3. The first-order valence-electron chi connectivity index (χ1n) is 12.0. The minimum absolute atomic E-state index is 0.0135. The van der Waals surface area contributed by atoms with E-state index in [2.05, 4.69) is 22.1 Å². The molecule has 2 heterocycles. The van der Waals surface area contributed by atoms with Crippen LogP contribution in [0.2, 0.25) is 0 Å². The first-order valence-corrected chi connectivity index (χ1v) is 12.0. The third-order valence-electron chi connectivity index (χ3n) is 5.95. The summed E-state index contributed by atoms with van der Waals surface area (Å²) in [6.07, 6.45) is 1.01. The van der Waals surface area contributed by atoms with Crippen LogP contribution in [0.1, 0.15) is 49.2 Å². The summed E-state index contributed by atoms with van der Waals surface area (Å²) in [6, 6.07) is 7.05. The summed E-state index contributed by atoms with van der Waals surface area (Å²) in [5.74, 6) is 4.82. The van der Waals surface area contributed by atoms with E-state index in [0.717, 1.165) is 0 Å². The third-order valence-corrected chi connectivity index (χ3v) is 5.95. The van der Waals surface area contributed by atoms with Gasteiger partial charge in [0, 0.05) is 37.3 Å². The molecule has 36 heavy (non-hydrogen) atoms. The summed E-state index contributed by atoms with van der Waals surface area (Å²) in [5.41, 5.74) is 0.852. The first kappa shape index (κ1) is 27.0. The average Bonchev–Trinajstić information content (AvgIpc) is 2.84. The van der Waals surface area contributed by atoms with Crippen molar-refractivity contribution < 1.29 is 23.8 Å². The van der Waals surface area contributed by atoms with Crippen molar-refractivity contribution in [2.45, 2.75) is 45.9 Å². The summed E-state index contributed by atoms with van der Waals surface area (Å²) < 4.78 is 20.2.